The summed E-state index contributed by atoms with van der Waals surface area (Å²) in [6, 6.07) is 16.1. The van der Waals surface area contributed by atoms with E-state index in [2.05, 4.69) is 27.1 Å². The van der Waals surface area contributed by atoms with Crippen LogP contribution in [0.1, 0.15) is 17.5 Å². The van der Waals surface area contributed by atoms with Crippen molar-refractivity contribution in [2.24, 2.45) is 0 Å². The summed E-state index contributed by atoms with van der Waals surface area (Å²) in [6.07, 6.45) is 2.33. The summed E-state index contributed by atoms with van der Waals surface area (Å²) in [6.45, 7) is 1.38. The van der Waals surface area contributed by atoms with Crippen LogP contribution in [0.15, 0.2) is 54.9 Å². The number of ether oxygens (including phenoxy) is 1. The highest BCUT2D eigenvalue weighted by molar-refractivity contribution is 5.88. The van der Waals surface area contributed by atoms with Gasteiger partial charge in [-0.2, -0.15) is 0 Å². The molecule has 0 unspecified atom stereocenters. The van der Waals surface area contributed by atoms with Crippen molar-refractivity contribution in [1.29, 1.82) is 0 Å². The van der Waals surface area contributed by atoms with Crippen LogP contribution in [0.25, 0.3) is 10.9 Å². The lowest BCUT2D eigenvalue weighted by atomic mass is 10.1. The fourth-order valence-corrected chi connectivity index (χ4v) is 2.40. The summed E-state index contributed by atoms with van der Waals surface area (Å²) < 4.78 is 5.10. The smallest absolute Gasteiger partial charge is 0.137 e. The first-order valence-electron chi connectivity index (χ1n) is 7.87. The van der Waals surface area contributed by atoms with Gasteiger partial charge in [0.2, 0.25) is 0 Å². The maximum Gasteiger partial charge on any atom is 0.137 e. The summed E-state index contributed by atoms with van der Waals surface area (Å²) in [7, 11) is 1.70. The Morgan fingerprint density at radius 3 is 2.71 bits per heavy atom. The average molecular weight is 317 g/mol. The van der Waals surface area contributed by atoms with Crippen molar-refractivity contribution in [1.82, 2.24) is 9.97 Å². The van der Waals surface area contributed by atoms with E-state index in [1.807, 2.05) is 48.5 Å². The molecule has 0 saturated heterocycles. The standard InChI is InChI=1S/C20H19N3O/c1-24-14-17-11-9-16(10-12-17)6-4-5-13-21-20-18-7-2-3-8-19(18)22-15-23-20/h2-3,7-12,15H,5,13-14H2,1H3,(H,21,22,23). The summed E-state index contributed by atoms with van der Waals surface area (Å²) in [5.74, 6) is 7.21. The van der Waals surface area contributed by atoms with E-state index in [0.717, 1.165) is 40.8 Å². The first kappa shape index (κ1) is 16.0. The van der Waals surface area contributed by atoms with E-state index in [1.165, 1.54) is 0 Å². The van der Waals surface area contributed by atoms with Crippen molar-refractivity contribution < 1.29 is 4.74 Å². The van der Waals surface area contributed by atoms with E-state index in [9.17, 15) is 0 Å². The van der Waals surface area contributed by atoms with Gasteiger partial charge in [-0.25, -0.2) is 9.97 Å². The van der Waals surface area contributed by atoms with Gasteiger partial charge in [-0.1, -0.05) is 36.1 Å². The van der Waals surface area contributed by atoms with Gasteiger partial charge in [-0.15, -0.1) is 0 Å². The van der Waals surface area contributed by atoms with Gasteiger partial charge in [0.15, 0.2) is 0 Å². The van der Waals surface area contributed by atoms with E-state index in [-0.39, 0.29) is 0 Å². The Bertz CT molecular complexity index is 858. The molecule has 0 saturated carbocycles. The molecule has 1 aromatic heterocycles. The Labute approximate surface area is 141 Å². The van der Waals surface area contributed by atoms with E-state index in [1.54, 1.807) is 13.4 Å². The van der Waals surface area contributed by atoms with Crippen molar-refractivity contribution >= 4 is 16.7 Å². The van der Waals surface area contributed by atoms with Crippen LogP contribution in [0.4, 0.5) is 5.82 Å². The number of hydrogen-bond donors (Lipinski definition) is 1. The van der Waals surface area contributed by atoms with Crippen molar-refractivity contribution in [2.45, 2.75) is 13.0 Å². The number of anilines is 1. The molecule has 2 aromatic carbocycles. The Morgan fingerprint density at radius 2 is 1.88 bits per heavy atom. The van der Waals surface area contributed by atoms with Gasteiger partial charge < -0.3 is 10.1 Å². The topological polar surface area (TPSA) is 47.0 Å². The lowest BCUT2D eigenvalue weighted by Crippen LogP contribution is -2.03. The lowest BCUT2D eigenvalue weighted by Gasteiger charge is -2.06. The molecule has 0 spiro atoms. The van der Waals surface area contributed by atoms with Gasteiger partial charge in [-0.05, 0) is 29.8 Å². The van der Waals surface area contributed by atoms with Crippen LogP contribution in [0.2, 0.25) is 0 Å². The SMILES string of the molecule is COCc1ccc(C#CCCNc2ncnc3ccccc23)cc1. The summed E-state index contributed by atoms with van der Waals surface area (Å²) in [5, 5.41) is 4.36. The first-order chi connectivity index (χ1) is 11.9. The predicted octanol–water partition coefficient (Wildman–Crippen LogP) is 3.63. The first-order valence-corrected chi connectivity index (χ1v) is 7.87. The molecule has 3 aromatic rings. The number of nitrogens with zero attached hydrogens (tertiary/aromatic N) is 2. The highest BCUT2D eigenvalue weighted by Crippen LogP contribution is 2.17. The van der Waals surface area contributed by atoms with Crippen molar-refractivity contribution in [3.63, 3.8) is 0 Å². The lowest BCUT2D eigenvalue weighted by molar-refractivity contribution is 0.185. The zero-order chi connectivity index (χ0) is 16.6. The highest BCUT2D eigenvalue weighted by Gasteiger charge is 2.00. The van der Waals surface area contributed by atoms with Crippen molar-refractivity contribution in [3.8, 4) is 11.8 Å². The van der Waals surface area contributed by atoms with Gasteiger partial charge in [0, 0.05) is 31.0 Å². The zero-order valence-electron chi connectivity index (χ0n) is 13.6. The molecule has 1 heterocycles. The van der Waals surface area contributed by atoms with Gasteiger partial charge >= 0.3 is 0 Å². The number of rotatable bonds is 5. The maximum atomic E-state index is 5.10. The van der Waals surface area contributed by atoms with Crippen LogP contribution in [0.3, 0.4) is 0 Å². The second kappa shape index (κ2) is 8.09. The minimum Gasteiger partial charge on any atom is -0.380 e. The summed E-state index contributed by atoms with van der Waals surface area (Å²) >= 11 is 0. The van der Waals surface area contributed by atoms with Crippen LogP contribution in [-0.2, 0) is 11.3 Å². The number of methoxy groups -OCH3 is 1. The third-order valence-electron chi connectivity index (χ3n) is 3.58. The van der Waals surface area contributed by atoms with Gasteiger partial charge in [0.05, 0.1) is 12.1 Å². The van der Waals surface area contributed by atoms with E-state index in [0.29, 0.717) is 6.61 Å². The summed E-state index contributed by atoms with van der Waals surface area (Å²) in [5.41, 5.74) is 3.11. The van der Waals surface area contributed by atoms with E-state index in [4.69, 9.17) is 4.74 Å². The third-order valence-corrected chi connectivity index (χ3v) is 3.58. The molecule has 0 aliphatic carbocycles. The molecule has 1 N–H and O–H groups in total. The van der Waals surface area contributed by atoms with Crippen molar-refractivity contribution in [3.05, 3.63) is 66.0 Å². The molecule has 0 radical (unpaired) electrons. The molecule has 4 heteroatoms. The molecule has 0 amide bonds. The van der Waals surface area contributed by atoms with E-state index < -0.39 is 0 Å². The zero-order valence-corrected chi connectivity index (χ0v) is 13.6. The second-order valence-electron chi connectivity index (χ2n) is 5.35. The number of fused-ring (bicyclic) bond motifs is 1. The molecule has 0 atom stereocenters. The molecule has 0 fully saturated rings. The largest absolute Gasteiger partial charge is 0.380 e. The minimum atomic E-state index is 0.629. The fourth-order valence-electron chi connectivity index (χ4n) is 2.40. The van der Waals surface area contributed by atoms with Crippen LogP contribution < -0.4 is 5.32 Å². The normalized spacial score (nSPS) is 10.2. The molecule has 0 aliphatic heterocycles. The quantitative estimate of drug-likeness (QED) is 0.576. The Kier molecular flexibility index (Phi) is 5.39. The van der Waals surface area contributed by atoms with Crippen molar-refractivity contribution in [2.75, 3.05) is 19.0 Å². The fraction of sp³-hybridized carbons (Fsp3) is 0.200. The molecule has 0 bridgehead atoms. The predicted molar refractivity (Wildman–Crippen MR) is 96.7 cm³/mol. The Hall–Kier alpha value is -2.90. The molecule has 120 valence electrons. The third kappa shape index (κ3) is 4.09. The van der Waals surface area contributed by atoms with E-state index >= 15 is 0 Å². The number of aromatic nitrogens is 2. The molecular formula is C20H19N3O. The summed E-state index contributed by atoms with van der Waals surface area (Å²) in [4.78, 5) is 8.57. The Morgan fingerprint density at radius 1 is 1.04 bits per heavy atom. The number of para-hydroxylation sites is 1. The molecule has 3 rings (SSSR count). The number of benzene rings is 2. The maximum absolute atomic E-state index is 5.10. The van der Waals surface area contributed by atoms with Crippen LogP contribution >= 0.6 is 0 Å². The molecule has 4 nitrogen and oxygen atoms in total. The van der Waals surface area contributed by atoms with Crippen LogP contribution in [0.5, 0.6) is 0 Å². The highest BCUT2D eigenvalue weighted by atomic mass is 16.5. The number of nitrogens with one attached hydrogen (secondary N) is 1. The molecular weight excluding hydrogens is 298 g/mol. The molecule has 24 heavy (non-hydrogen) atoms. The minimum absolute atomic E-state index is 0.629. The number of hydrogen-bond acceptors (Lipinski definition) is 4. The van der Waals surface area contributed by atoms with Gasteiger partial charge in [0.25, 0.3) is 0 Å². The second-order valence-corrected chi connectivity index (χ2v) is 5.35. The average Bonchev–Trinajstić information content (AvgIpc) is 2.63. The Balaban J connectivity index is 1.55. The monoisotopic (exact) mass is 317 g/mol. The van der Waals surface area contributed by atoms with Crippen LogP contribution in [0, 0.1) is 11.8 Å². The van der Waals surface area contributed by atoms with Gasteiger partial charge in [0.1, 0.15) is 12.1 Å². The van der Waals surface area contributed by atoms with Gasteiger partial charge in [-0.3, -0.25) is 0 Å². The van der Waals surface area contributed by atoms with Crippen LogP contribution in [-0.4, -0.2) is 23.6 Å². The molecule has 0 aliphatic rings.